The normalized spacial score (nSPS) is 11.2. The molecule has 27 heavy (non-hydrogen) atoms. The van der Waals surface area contributed by atoms with E-state index in [-0.39, 0.29) is 0 Å². The number of hydrogen-bond acceptors (Lipinski definition) is 2. The van der Waals surface area contributed by atoms with Crippen molar-refractivity contribution in [3.05, 3.63) is 76.8 Å². The van der Waals surface area contributed by atoms with Crippen molar-refractivity contribution < 1.29 is 9.53 Å². The van der Waals surface area contributed by atoms with E-state index >= 15 is 0 Å². The highest BCUT2D eigenvalue weighted by Crippen LogP contribution is 2.34. The fraction of sp³-hybridized carbons (Fsp3) is 0.136. The van der Waals surface area contributed by atoms with Crippen LogP contribution < -0.4 is 10.5 Å². The van der Waals surface area contributed by atoms with E-state index in [1.165, 1.54) is 0 Å². The third-order valence-electron chi connectivity index (χ3n) is 4.63. The number of carbonyl (C=O) groups is 1. The van der Waals surface area contributed by atoms with Crippen LogP contribution in [0.1, 0.15) is 22.8 Å². The van der Waals surface area contributed by atoms with E-state index in [1.54, 1.807) is 12.1 Å². The number of carbonyl (C=O) groups excluding carboxylic acids is 1. The Kier molecular flexibility index (Phi) is 4.50. The van der Waals surface area contributed by atoms with Gasteiger partial charge in [-0.2, -0.15) is 0 Å². The first-order chi connectivity index (χ1) is 13.1. The Bertz CT molecular complexity index is 1160. The van der Waals surface area contributed by atoms with Crippen molar-refractivity contribution in [1.29, 1.82) is 0 Å². The van der Waals surface area contributed by atoms with Crippen LogP contribution in [0.25, 0.3) is 21.8 Å². The highest BCUT2D eigenvalue weighted by molar-refractivity contribution is 6.31. The topological polar surface area (TPSA) is 57.2 Å². The maximum absolute atomic E-state index is 12.0. The molecule has 4 aromatic rings. The van der Waals surface area contributed by atoms with E-state index in [0.717, 1.165) is 33.1 Å². The van der Waals surface area contributed by atoms with Crippen LogP contribution >= 0.6 is 11.6 Å². The minimum Gasteiger partial charge on any atom is -0.494 e. The Morgan fingerprint density at radius 1 is 1.19 bits per heavy atom. The number of aromatic nitrogens is 1. The molecule has 1 radical (unpaired) electrons. The van der Waals surface area contributed by atoms with Gasteiger partial charge in [0.15, 0.2) is 0 Å². The van der Waals surface area contributed by atoms with Crippen LogP contribution in [-0.4, -0.2) is 17.1 Å². The van der Waals surface area contributed by atoms with Gasteiger partial charge in [0.05, 0.1) is 24.2 Å². The Balaban J connectivity index is 2.01. The van der Waals surface area contributed by atoms with Crippen LogP contribution in [-0.2, 0) is 6.54 Å². The van der Waals surface area contributed by atoms with Gasteiger partial charge in [-0.3, -0.25) is 4.79 Å². The zero-order valence-electron chi connectivity index (χ0n) is 14.8. The number of amides is 1. The van der Waals surface area contributed by atoms with Gasteiger partial charge in [0.2, 0.25) is 5.91 Å². The molecule has 0 atom stereocenters. The summed E-state index contributed by atoms with van der Waals surface area (Å²) in [4.78, 5) is 12.0. The number of ether oxygens (including phenoxy) is 1. The maximum atomic E-state index is 12.0. The van der Waals surface area contributed by atoms with E-state index < -0.39 is 5.91 Å². The predicted octanol–water partition coefficient (Wildman–Crippen LogP) is 4.79. The molecule has 0 spiro atoms. The molecule has 1 amide bonds. The standard InChI is InChI=1S/C22H18ClN2O2/c1-2-27-20-9-4-3-6-14(20)13-25-18-8-5-7-17(22(24)26)21(18)16-11-10-15(23)12-19(16)25/h3-10,12H,2,13H2,1H3,(H2,24,26). The van der Waals surface area contributed by atoms with Crippen LogP contribution in [0.3, 0.4) is 0 Å². The van der Waals surface area contributed by atoms with Crippen LogP contribution in [0.2, 0.25) is 5.02 Å². The third-order valence-corrected chi connectivity index (χ3v) is 4.84. The number of hydrogen-bond donors (Lipinski definition) is 1. The second-order valence-electron chi connectivity index (χ2n) is 6.27. The van der Waals surface area contributed by atoms with Crippen molar-refractivity contribution in [3.8, 4) is 5.75 Å². The second-order valence-corrected chi connectivity index (χ2v) is 6.71. The summed E-state index contributed by atoms with van der Waals surface area (Å²) >= 11 is 6.24. The molecule has 0 unspecified atom stereocenters. The quantitative estimate of drug-likeness (QED) is 0.543. The lowest BCUT2D eigenvalue weighted by atomic mass is 10.1. The molecule has 4 rings (SSSR count). The highest BCUT2D eigenvalue weighted by Gasteiger charge is 2.17. The molecule has 1 aromatic heterocycles. The van der Waals surface area contributed by atoms with Crippen molar-refractivity contribution in [1.82, 2.24) is 4.57 Å². The summed E-state index contributed by atoms with van der Waals surface area (Å²) in [7, 11) is 0. The lowest BCUT2D eigenvalue weighted by Crippen LogP contribution is -2.11. The molecule has 0 fully saturated rings. The highest BCUT2D eigenvalue weighted by atomic mass is 35.5. The SMILES string of the molecule is CCOc1ccccc1Cn1c2cc(Cl)c[c]c2c2c(C(N)=O)cccc21. The maximum Gasteiger partial charge on any atom is 0.249 e. The Labute approximate surface area is 162 Å². The minimum atomic E-state index is -0.460. The fourth-order valence-corrected chi connectivity index (χ4v) is 3.66. The summed E-state index contributed by atoms with van der Waals surface area (Å²) in [5.41, 5.74) is 8.95. The van der Waals surface area contributed by atoms with Crippen molar-refractivity contribution in [3.63, 3.8) is 0 Å². The predicted molar refractivity (Wildman–Crippen MR) is 109 cm³/mol. The van der Waals surface area contributed by atoms with E-state index in [9.17, 15) is 4.79 Å². The van der Waals surface area contributed by atoms with Crippen molar-refractivity contribution >= 4 is 39.3 Å². The summed E-state index contributed by atoms with van der Waals surface area (Å²) in [6.45, 7) is 3.13. The lowest BCUT2D eigenvalue weighted by molar-refractivity contribution is 0.100. The molecule has 4 nitrogen and oxygen atoms in total. The average molecular weight is 378 g/mol. The van der Waals surface area contributed by atoms with Gasteiger partial charge in [-0.15, -0.1) is 0 Å². The fourth-order valence-electron chi connectivity index (χ4n) is 3.51. The molecule has 135 valence electrons. The molecule has 3 aromatic carbocycles. The van der Waals surface area contributed by atoms with E-state index in [2.05, 4.69) is 10.6 Å². The zero-order chi connectivity index (χ0) is 19.0. The monoisotopic (exact) mass is 377 g/mol. The average Bonchev–Trinajstić information content (AvgIpc) is 2.96. The number of benzene rings is 3. The van der Waals surface area contributed by atoms with Gasteiger partial charge in [-0.25, -0.2) is 0 Å². The van der Waals surface area contributed by atoms with Crippen LogP contribution in [0.5, 0.6) is 5.75 Å². The molecule has 0 aliphatic rings. The number of nitrogens with two attached hydrogens (primary N) is 1. The van der Waals surface area contributed by atoms with Crippen molar-refractivity contribution in [2.24, 2.45) is 5.73 Å². The van der Waals surface area contributed by atoms with Gasteiger partial charge in [0.1, 0.15) is 5.75 Å². The van der Waals surface area contributed by atoms with Crippen LogP contribution in [0.15, 0.2) is 54.6 Å². The number of para-hydroxylation sites is 1. The van der Waals surface area contributed by atoms with E-state index in [1.807, 2.05) is 49.4 Å². The van der Waals surface area contributed by atoms with Crippen molar-refractivity contribution in [2.75, 3.05) is 6.61 Å². The molecule has 0 aliphatic carbocycles. The molecular weight excluding hydrogens is 360 g/mol. The summed E-state index contributed by atoms with van der Waals surface area (Å²) in [5, 5.41) is 2.22. The van der Waals surface area contributed by atoms with Gasteiger partial charge in [0.25, 0.3) is 0 Å². The molecule has 0 aliphatic heterocycles. The molecule has 0 saturated carbocycles. The molecule has 1 heterocycles. The smallest absolute Gasteiger partial charge is 0.249 e. The first-order valence-corrected chi connectivity index (χ1v) is 9.10. The number of fused-ring (bicyclic) bond motifs is 3. The first kappa shape index (κ1) is 17.4. The summed E-state index contributed by atoms with van der Waals surface area (Å²) in [6.07, 6.45) is 0. The van der Waals surface area contributed by atoms with E-state index in [4.69, 9.17) is 22.1 Å². The molecule has 0 bridgehead atoms. The second kappa shape index (κ2) is 6.97. The molecule has 2 N–H and O–H groups in total. The molecule has 0 saturated heterocycles. The molecular formula is C22H18ClN2O2. The summed E-state index contributed by atoms with van der Waals surface area (Å²) in [5.74, 6) is 0.379. The lowest BCUT2D eigenvalue weighted by Gasteiger charge is -2.13. The molecule has 5 heteroatoms. The number of nitrogens with zero attached hydrogens (tertiary/aromatic N) is 1. The van der Waals surface area contributed by atoms with Crippen LogP contribution in [0.4, 0.5) is 0 Å². The number of primary amides is 1. The van der Waals surface area contributed by atoms with Crippen molar-refractivity contribution in [2.45, 2.75) is 13.5 Å². The Morgan fingerprint density at radius 2 is 2.00 bits per heavy atom. The Hall–Kier alpha value is -2.98. The minimum absolute atomic E-state index is 0.460. The van der Waals surface area contributed by atoms with Gasteiger partial charge in [0, 0.05) is 26.9 Å². The van der Waals surface area contributed by atoms with Gasteiger partial charge in [-0.05, 0) is 43.3 Å². The largest absolute Gasteiger partial charge is 0.494 e. The van der Waals surface area contributed by atoms with Gasteiger partial charge >= 0.3 is 0 Å². The van der Waals surface area contributed by atoms with E-state index in [0.29, 0.717) is 23.7 Å². The number of rotatable bonds is 5. The number of halogens is 1. The zero-order valence-corrected chi connectivity index (χ0v) is 15.6. The summed E-state index contributed by atoms with van der Waals surface area (Å²) < 4.78 is 7.90. The first-order valence-electron chi connectivity index (χ1n) is 8.72. The van der Waals surface area contributed by atoms with Gasteiger partial charge < -0.3 is 15.0 Å². The summed E-state index contributed by atoms with van der Waals surface area (Å²) in [6, 6.07) is 20.3. The van der Waals surface area contributed by atoms with Gasteiger partial charge in [-0.1, -0.05) is 35.9 Å². The Morgan fingerprint density at radius 3 is 2.78 bits per heavy atom. The third kappa shape index (κ3) is 3.02. The van der Waals surface area contributed by atoms with Crippen LogP contribution in [0, 0.1) is 6.07 Å².